The van der Waals surface area contributed by atoms with Gasteiger partial charge in [0.05, 0.1) is 6.61 Å². The number of carbonyl (C=O) groups excluding carboxylic acids is 2. The normalized spacial score (nSPS) is 12.5. The number of hydrogen-bond donors (Lipinski definition) is 0. The van der Waals surface area contributed by atoms with Gasteiger partial charge in [-0.25, -0.2) is 0 Å². The summed E-state index contributed by atoms with van der Waals surface area (Å²) in [5.74, 6) is -0.406. The average Bonchev–Trinajstić information content (AvgIpc) is 3.32. The van der Waals surface area contributed by atoms with Crippen LogP contribution in [-0.4, -0.2) is 37.9 Å². The molecule has 386 valence electrons. The average molecular weight is 926 g/mol. The Labute approximate surface area is 412 Å². The van der Waals surface area contributed by atoms with Crippen LogP contribution in [0.3, 0.4) is 0 Å². The number of ether oxygens (including phenoxy) is 3. The summed E-state index contributed by atoms with van der Waals surface area (Å²) in [6.07, 6.45) is 71.3. The second kappa shape index (κ2) is 57.2. The van der Waals surface area contributed by atoms with Gasteiger partial charge in [-0.05, 0) is 103 Å². The zero-order valence-electron chi connectivity index (χ0n) is 44.5. The summed E-state index contributed by atoms with van der Waals surface area (Å²) < 4.78 is 17.5. The summed E-state index contributed by atoms with van der Waals surface area (Å²) in [7, 11) is 0. The SMILES string of the molecule is CCCCC/C=C\C/C=C\CCCCCCCC(=O)OC(COCCCCCCCCCC/C=C\CCCCCCCC)COC(=O)CCCCCCCCC/C=C\CCCCCCCC. The largest absolute Gasteiger partial charge is 0.462 e. The Balaban J connectivity index is 4.27. The quantitative estimate of drug-likeness (QED) is 0.0345. The number of unbranched alkanes of at least 4 members (excludes halogenated alkanes) is 35. The maximum absolute atomic E-state index is 12.8. The third-order valence-electron chi connectivity index (χ3n) is 12.8. The number of esters is 2. The molecule has 0 aromatic carbocycles. The molecule has 66 heavy (non-hydrogen) atoms. The minimum Gasteiger partial charge on any atom is -0.462 e. The summed E-state index contributed by atoms with van der Waals surface area (Å²) in [5.41, 5.74) is 0. The van der Waals surface area contributed by atoms with Crippen molar-refractivity contribution in [3.63, 3.8) is 0 Å². The van der Waals surface area contributed by atoms with Crippen molar-refractivity contribution in [2.75, 3.05) is 19.8 Å². The molecule has 0 radical (unpaired) electrons. The van der Waals surface area contributed by atoms with E-state index in [0.717, 1.165) is 57.8 Å². The fourth-order valence-electron chi connectivity index (χ4n) is 8.41. The molecule has 0 heterocycles. The van der Waals surface area contributed by atoms with Crippen molar-refractivity contribution < 1.29 is 23.8 Å². The van der Waals surface area contributed by atoms with Gasteiger partial charge in [0.1, 0.15) is 6.61 Å². The van der Waals surface area contributed by atoms with Crippen molar-refractivity contribution >= 4 is 11.9 Å². The molecule has 0 saturated carbocycles. The van der Waals surface area contributed by atoms with E-state index in [9.17, 15) is 9.59 Å². The van der Waals surface area contributed by atoms with Crippen LogP contribution in [0.15, 0.2) is 48.6 Å². The van der Waals surface area contributed by atoms with Crippen LogP contribution in [0.1, 0.15) is 303 Å². The Morgan fingerprint density at radius 3 is 1.05 bits per heavy atom. The van der Waals surface area contributed by atoms with E-state index in [1.807, 2.05) is 0 Å². The maximum atomic E-state index is 12.8. The van der Waals surface area contributed by atoms with Crippen molar-refractivity contribution in [1.29, 1.82) is 0 Å². The lowest BCUT2D eigenvalue weighted by Crippen LogP contribution is -2.30. The molecule has 5 heteroatoms. The molecule has 0 spiro atoms. The van der Waals surface area contributed by atoms with E-state index in [2.05, 4.69) is 69.4 Å². The number of rotatable bonds is 54. The molecule has 0 saturated heterocycles. The zero-order chi connectivity index (χ0) is 47.7. The molecule has 0 bridgehead atoms. The van der Waals surface area contributed by atoms with Crippen molar-refractivity contribution in [2.45, 2.75) is 309 Å². The summed E-state index contributed by atoms with van der Waals surface area (Å²) >= 11 is 0. The highest BCUT2D eigenvalue weighted by molar-refractivity contribution is 5.70. The van der Waals surface area contributed by atoms with Crippen LogP contribution >= 0.6 is 0 Å². The molecule has 0 fully saturated rings. The fraction of sp³-hybridized carbons (Fsp3) is 0.836. The monoisotopic (exact) mass is 925 g/mol. The molecule has 0 aliphatic carbocycles. The first-order valence-corrected chi connectivity index (χ1v) is 29.2. The van der Waals surface area contributed by atoms with Crippen LogP contribution in [0.4, 0.5) is 0 Å². The topological polar surface area (TPSA) is 61.8 Å². The van der Waals surface area contributed by atoms with Crippen molar-refractivity contribution in [2.24, 2.45) is 0 Å². The highest BCUT2D eigenvalue weighted by Gasteiger charge is 2.17. The van der Waals surface area contributed by atoms with Gasteiger partial charge in [-0.2, -0.15) is 0 Å². The Hall–Kier alpha value is -2.14. The Kier molecular flexibility index (Phi) is 55.3. The van der Waals surface area contributed by atoms with Crippen LogP contribution in [0.25, 0.3) is 0 Å². The van der Waals surface area contributed by atoms with E-state index in [1.165, 1.54) is 212 Å². The standard InChI is InChI=1S/C61H112O5/c1-4-7-10-13-16-19-22-25-28-30-32-35-38-41-44-47-50-53-56-64-57-59(66-61(63)55-52-49-46-43-40-37-33-27-24-21-18-15-12-9-6-3)58-65-60(62)54-51-48-45-42-39-36-34-31-29-26-23-20-17-14-11-8-5-2/h18,21,25-29,33,59H,4-17,19-20,22-24,30-32,34-58H2,1-3H3/b21-18-,28-25-,29-26-,33-27-. The molecule has 1 atom stereocenters. The summed E-state index contributed by atoms with van der Waals surface area (Å²) in [6, 6.07) is 0. The molecule has 5 nitrogen and oxygen atoms in total. The summed E-state index contributed by atoms with van der Waals surface area (Å²) in [4.78, 5) is 25.5. The third kappa shape index (κ3) is 54.5. The van der Waals surface area contributed by atoms with Crippen LogP contribution in [0.2, 0.25) is 0 Å². The molecule has 0 rings (SSSR count). The van der Waals surface area contributed by atoms with E-state index in [-0.39, 0.29) is 25.2 Å². The Morgan fingerprint density at radius 2 is 0.636 bits per heavy atom. The molecule has 0 aromatic rings. The highest BCUT2D eigenvalue weighted by Crippen LogP contribution is 2.15. The molecular weight excluding hydrogens is 813 g/mol. The predicted octanol–water partition coefficient (Wildman–Crippen LogP) is 19.9. The Morgan fingerprint density at radius 1 is 0.333 bits per heavy atom. The molecule has 0 N–H and O–H groups in total. The minimum absolute atomic E-state index is 0.0784. The van der Waals surface area contributed by atoms with Crippen molar-refractivity contribution in [3.05, 3.63) is 48.6 Å². The van der Waals surface area contributed by atoms with Crippen LogP contribution < -0.4 is 0 Å². The lowest BCUT2D eigenvalue weighted by Gasteiger charge is -2.18. The molecular formula is C61H112O5. The summed E-state index contributed by atoms with van der Waals surface area (Å²) in [6.45, 7) is 7.81. The number of allylic oxidation sites excluding steroid dienone is 8. The first-order chi connectivity index (χ1) is 32.6. The van der Waals surface area contributed by atoms with E-state index < -0.39 is 6.10 Å². The third-order valence-corrected chi connectivity index (χ3v) is 12.8. The van der Waals surface area contributed by atoms with E-state index in [1.54, 1.807) is 0 Å². The van der Waals surface area contributed by atoms with Gasteiger partial charge in [0.2, 0.25) is 0 Å². The van der Waals surface area contributed by atoms with E-state index in [0.29, 0.717) is 19.4 Å². The predicted molar refractivity (Wildman–Crippen MR) is 288 cm³/mol. The van der Waals surface area contributed by atoms with Gasteiger partial charge in [-0.15, -0.1) is 0 Å². The maximum Gasteiger partial charge on any atom is 0.306 e. The summed E-state index contributed by atoms with van der Waals surface area (Å²) in [5, 5.41) is 0. The van der Waals surface area contributed by atoms with Gasteiger partial charge in [-0.3, -0.25) is 9.59 Å². The van der Waals surface area contributed by atoms with Gasteiger partial charge in [0, 0.05) is 19.4 Å². The lowest BCUT2D eigenvalue weighted by molar-refractivity contribution is -0.163. The van der Waals surface area contributed by atoms with Crippen LogP contribution in [0.5, 0.6) is 0 Å². The minimum atomic E-state index is -0.546. The van der Waals surface area contributed by atoms with Gasteiger partial charge >= 0.3 is 11.9 Å². The highest BCUT2D eigenvalue weighted by atomic mass is 16.6. The zero-order valence-corrected chi connectivity index (χ0v) is 44.5. The first-order valence-electron chi connectivity index (χ1n) is 29.2. The first kappa shape index (κ1) is 63.9. The Bertz CT molecular complexity index is 1090. The van der Waals surface area contributed by atoms with Crippen LogP contribution in [0, 0.1) is 0 Å². The lowest BCUT2D eigenvalue weighted by atomic mass is 10.1. The second-order valence-electron chi connectivity index (χ2n) is 19.5. The van der Waals surface area contributed by atoms with Gasteiger partial charge in [-0.1, -0.05) is 236 Å². The fourth-order valence-corrected chi connectivity index (χ4v) is 8.41. The van der Waals surface area contributed by atoms with Crippen LogP contribution in [-0.2, 0) is 23.8 Å². The smallest absolute Gasteiger partial charge is 0.306 e. The van der Waals surface area contributed by atoms with Crippen molar-refractivity contribution in [3.8, 4) is 0 Å². The van der Waals surface area contributed by atoms with Crippen molar-refractivity contribution in [1.82, 2.24) is 0 Å². The number of hydrogen-bond acceptors (Lipinski definition) is 5. The van der Waals surface area contributed by atoms with Gasteiger partial charge < -0.3 is 14.2 Å². The molecule has 0 aromatic heterocycles. The molecule has 0 amide bonds. The van der Waals surface area contributed by atoms with Gasteiger partial charge in [0.15, 0.2) is 6.10 Å². The van der Waals surface area contributed by atoms with E-state index >= 15 is 0 Å². The number of carbonyl (C=O) groups is 2. The molecule has 0 aliphatic rings. The second-order valence-corrected chi connectivity index (χ2v) is 19.5. The molecule has 0 aliphatic heterocycles. The van der Waals surface area contributed by atoms with E-state index in [4.69, 9.17) is 14.2 Å². The molecule has 1 unspecified atom stereocenters. The van der Waals surface area contributed by atoms with Gasteiger partial charge in [0.25, 0.3) is 0 Å².